The predicted octanol–water partition coefficient (Wildman–Crippen LogP) is 7.35. The van der Waals surface area contributed by atoms with E-state index in [1.165, 1.54) is 0 Å². The van der Waals surface area contributed by atoms with Crippen molar-refractivity contribution < 1.29 is 36.7 Å². The molecule has 1 saturated heterocycles. The number of hydrogen-bond donors (Lipinski definition) is 0. The summed E-state index contributed by atoms with van der Waals surface area (Å²) in [5.41, 5.74) is -4.75. The molecule has 6 nitrogen and oxygen atoms in total. The Balaban J connectivity index is 2.23. The summed E-state index contributed by atoms with van der Waals surface area (Å²) in [6.07, 6.45) is 0. The molecule has 1 fully saturated rings. The Morgan fingerprint density at radius 2 is 1.61 bits per heavy atom. The molecule has 1 aliphatic rings. The van der Waals surface area contributed by atoms with E-state index in [0.717, 1.165) is 11.3 Å². The lowest BCUT2D eigenvalue weighted by Gasteiger charge is -2.32. The number of carbonyl (C=O) groups excluding carboxylic acids is 1. The van der Waals surface area contributed by atoms with E-state index < -0.39 is 43.9 Å². The molecule has 0 amide bonds. The molecule has 3 rings (SSSR count). The van der Waals surface area contributed by atoms with Crippen LogP contribution in [-0.4, -0.2) is 43.1 Å². The number of rotatable bonds is 8. The second-order valence-electron chi connectivity index (χ2n) is 10.4. The monoisotopic (exact) mass is 608 g/mol. The third-order valence-corrected chi connectivity index (χ3v) is 10.1. The van der Waals surface area contributed by atoms with Gasteiger partial charge < -0.3 is 23.1 Å². The number of ether oxygens (including phenoxy) is 1. The molecule has 0 radical (unpaired) electrons. The van der Waals surface area contributed by atoms with Crippen molar-refractivity contribution in [3.8, 4) is 0 Å². The van der Waals surface area contributed by atoms with Gasteiger partial charge in [-0.25, -0.2) is 4.79 Å². The van der Waals surface area contributed by atoms with Crippen molar-refractivity contribution in [2.24, 2.45) is 0 Å². The van der Waals surface area contributed by atoms with Crippen molar-refractivity contribution in [1.82, 2.24) is 0 Å². The van der Waals surface area contributed by atoms with Crippen LogP contribution >= 0.6 is 35.6 Å². The SMILES string of the molecule is CCOP(OCC)C(F)(F)c1sc2c(B3OC(C)(C)C(C)(C)O3)cc(C(=O)OC(C)(C)C)cc2c1Br. The van der Waals surface area contributed by atoms with Gasteiger partial charge in [-0.05, 0) is 90.4 Å². The maximum atomic E-state index is 15.7. The molecular weight excluding hydrogens is 576 g/mol. The van der Waals surface area contributed by atoms with E-state index in [9.17, 15) is 4.79 Å². The standard InChI is InChI=1S/C24H33BBrF2O6PS/c1-10-30-35(31-11-2)24(27,28)19-17(26)15-12-14(20(29)32-21(3,4)5)13-16(18(15)36-19)25-33-22(6,7)23(8,9)34-25/h12-13H,10-11H2,1-9H3. The number of thiophene rings is 1. The number of fused-ring (bicyclic) bond motifs is 1. The van der Waals surface area contributed by atoms with Crippen LogP contribution in [0.25, 0.3) is 10.1 Å². The van der Waals surface area contributed by atoms with Crippen molar-refractivity contribution in [2.75, 3.05) is 13.2 Å². The van der Waals surface area contributed by atoms with Gasteiger partial charge in [0.2, 0.25) is 0 Å². The summed E-state index contributed by atoms with van der Waals surface area (Å²) >= 11 is 4.29. The van der Waals surface area contributed by atoms with Crippen LogP contribution in [0.1, 0.15) is 77.5 Å². The van der Waals surface area contributed by atoms with Crippen LogP contribution in [0.2, 0.25) is 0 Å². The van der Waals surface area contributed by atoms with Crippen LogP contribution in [0, 0.1) is 0 Å². The highest BCUT2D eigenvalue weighted by Crippen LogP contribution is 2.63. The van der Waals surface area contributed by atoms with Crippen molar-refractivity contribution in [2.45, 2.75) is 84.8 Å². The molecule has 12 heteroatoms. The smallest absolute Gasteiger partial charge is 0.456 e. The van der Waals surface area contributed by atoms with Gasteiger partial charge in [-0.3, -0.25) is 0 Å². The zero-order valence-electron chi connectivity index (χ0n) is 22.1. The van der Waals surface area contributed by atoms with Crippen LogP contribution in [0.15, 0.2) is 16.6 Å². The van der Waals surface area contributed by atoms with Crippen LogP contribution in [0.4, 0.5) is 8.78 Å². The normalized spacial score (nSPS) is 17.9. The lowest BCUT2D eigenvalue weighted by Crippen LogP contribution is -2.41. The molecular formula is C24H33BBrF2O6PS. The average Bonchev–Trinajstić information content (AvgIpc) is 3.18. The molecule has 200 valence electrons. The minimum Gasteiger partial charge on any atom is -0.456 e. The predicted molar refractivity (Wildman–Crippen MR) is 144 cm³/mol. The fraction of sp³-hybridized carbons (Fsp3) is 0.625. The minimum atomic E-state index is -3.40. The summed E-state index contributed by atoms with van der Waals surface area (Å²) in [4.78, 5) is 12.8. The van der Waals surface area contributed by atoms with Crippen molar-refractivity contribution in [3.63, 3.8) is 0 Å². The molecule has 0 unspecified atom stereocenters. The third-order valence-electron chi connectivity index (χ3n) is 5.89. The van der Waals surface area contributed by atoms with Gasteiger partial charge in [-0.1, -0.05) is 0 Å². The zero-order chi connectivity index (χ0) is 27.3. The van der Waals surface area contributed by atoms with Crippen LogP contribution in [0.3, 0.4) is 0 Å². The van der Waals surface area contributed by atoms with Gasteiger partial charge in [-0.15, -0.1) is 11.3 Å². The number of benzene rings is 1. The van der Waals surface area contributed by atoms with Gasteiger partial charge in [0.25, 0.3) is 8.38 Å². The molecule has 0 atom stereocenters. The van der Waals surface area contributed by atoms with E-state index in [-0.39, 0.29) is 28.1 Å². The first-order valence-electron chi connectivity index (χ1n) is 11.7. The van der Waals surface area contributed by atoms with Gasteiger partial charge >= 0.3 is 18.8 Å². The molecule has 0 aliphatic carbocycles. The minimum absolute atomic E-state index is 0.0891. The second-order valence-corrected chi connectivity index (χ2v) is 13.8. The van der Waals surface area contributed by atoms with Gasteiger partial charge in [0.15, 0.2) is 0 Å². The highest BCUT2D eigenvalue weighted by Gasteiger charge is 2.53. The Bertz CT molecular complexity index is 1110. The van der Waals surface area contributed by atoms with E-state index in [1.807, 2.05) is 27.7 Å². The fourth-order valence-corrected chi connectivity index (χ4v) is 7.17. The summed E-state index contributed by atoms with van der Waals surface area (Å²) < 4.78 is 60.8. The Morgan fingerprint density at radius 1 is 1.08 bits per heavy atom. The van der Waals surface area contributed by atoms with Crippen molar-refractivity contribution in [1.29, 1.82) is 0 Å². The maximum Gasteiger partial charge on any atom is 0.496 e. The molecule has 2 aromatic rings. The summed E-state index contributed by atoms with van der Waals surface area (Å²) in [5, 5.41) is 0.436. The zero-order valence-corrected chi connectivity index (χ0v) is 25.4. The first-order valence-corrected chi connectivity index (χ1v) is 14.5. The molecule has 36 heavy (non-hydrogen) atoms. The molecule has 1 aliphatic heterocycles. The van der Waals surface area contributed by atoms with Gasteiger partial charge in [0.1, 0.15) is 5.60 Å². The lowest BCUT2D eigenvalue weighted by molar-refractivity contribution is 0.00578. The summed E-state index contributed by atoms with van der Waals surface area (Å²) in [7, 11) is -3.40. The summed E-state index contributed by atoms with van der Waals surface area (Å²) in [5.74, 6) is -0.570. The molecule has 0 N–H and O–H groups in total. The number of hydrogen-bond acceptors (Lipinski definition) is 7. The molecule has 1 aromatic carbocycles. The van der Waals surface area contributed by atoms with Gasteiger partial charge in [0.05, 0.1) is 34.9 Å². The molecule has 0 saturated carbocycles. The van der Waals surface area contributed by atoms with E-state index >= 15 is 8.78 Å². The highest BCUT2D eigenvalue weighted by molar-refractivity contribution is 9.10. The van der Waals surface area contributed by atoms with Crippen LogP contribution < -0.4 is 5.46 Å². The Hall–Kier alpha value is -0.675. The largest absolute Gasteiger partial charge is 0.496 e. The summed E-state index contributed by atoms with van der Waals surface area (Å²) in [6, 6.07) is 3.17. The first-order chi connectivity index (χ1) is 16.4. The molecule has 2 heterocycles. The Kier molecular flexibility index (Phi) is 8.69. The average molecular weight is 609 g/mol. The fourth-order valence-electron chi connectivity index (χ4n) is 3.51. The Morgan fingerprint density at radius 3 is 2.08 bits per heavy atom. The van der Waals surface area contributed by atoms with E-state index in [0.29, 0.717) is 15.5 Å². The van der Waals surface area contributed by atoms with Gasteiger partial charge in [0, 0.05) is 20.0 Å². The van der Waals surface area contributed by atoms with Gasteiger partial charge in [-0.2, -0.15) is 8.78 Å². The third kappa shape index (κ3) is 5.82. The molecule has 1 aromatic heterocycles. The quantitative estimate of drug-likeness (QED) is 0.177. The van der Waals surface area contributed by atoms with Crippen LogP contribution in [-0.2, 0) is 28.8 Å². The number of esters is 1. The number of carbonyl (C=O) groups is 1. The number of alkyl halides is 2. The lowest BCUT2D eigenvalue weighted by atomic mass is 9.77. The second kappa shape index (κ2) is 10.5. The highest BCUT2D eigenvalue weighted by atomic mass is 79.9. The Labute approximate surface area is 225 Å². The van der Waals surface area contributed by atoms with E-state index in [2.05, 4.69) is 15.9 Å². The van der Waals surface area contributed by atoms with Crippen molar-refractivity contribution >= 4 is 64.3 Å². The van der Waals surface area contributed by atoms with E-state index in [4.69, 9.17) is 23.1 Å². The number of halogens is 3. The molecule has 0 spiro atoms. The van der Waals surface area contributed by atoms with E-state index in [1.54, 1.807) is 46.8 Å². The van der Waals surface area contributed by atoms with Crippen LogP contribution in [0.5, 0.6) is 0 Å². The molecule has 0 bridgehead atoms. The first kappa shape index (κ1) is 29.9. The maximum absolute atomic E-state index is 15.7. The topological polar surface area (TPSA) is 63.2 Å². The summed E-state index contributed by atoms with van der Waals surface area (Å²) in [6.45, 7) is 16.4. The van der Waals surface area contributed by atoms with Crippen molar-refractivity contribution in [3.05, 3.63) is 27.0 Å².